The van der Waals surface area contributed by atoms with E-state index < -0.39 is 0 Å². The number of carbonyl (C=O) groups is 1. The van der Waals surface area contributed by atoms with E-state index in [2.05, 4.69) is 19.2 Å². The van der Waals surface area contributed by atoms with Gasteiger partial charge < -0.3 is 16.0 Å². The van der Waals surface area contributed by atoms with Gasteiger partial charge in [0, 0.05) is 26.3 Å². The molecule has 0 radical (unpaired) electrons. The number of nitrogens with zero attached hydrogens (tertiary/aromatic N) is 1. The lowest BCUT2D eigenvalue weighted by molar-refractivity contribution is -0.127. The Morgan fingerprint density at radius 3 is 2.30 bits per heavy atom. The topological polar surface area (TPSA) is 58.4 Å². The second-order valence-corrected chi connectivity index (χ2v) is 5.78. The highest BCUT2D eigenvalue weighted by Gasteiger charge is 2.11. The van der Waals surface area contributed by atoms with Crippen LogP contribution in [0.1, 0.15) is 19.4 Å². The smallest absolute Gasteiger partial charge is 0.226 e. The van der Waals surface area contributed by atoms with Crippen LogP contribution < -0.4 is 11.1 Å². The summed E-state index contributed by atoms with van der Waals surface area (Å²) in [6, 6.07) is 8.03. The molecular weight excluding hydrogens is 250 g/mol. The molecule has 1 unspecified atom stereocenters. The standard InChI is InChI=1S/C16H27N3O/c1-12(2)14(10-17)11-18-15-7-5-13(6-8-15)9-16(20)19(3)4/h5-8,12,14,18H,9-11,17H2,1-4H3. The molecule has 20 heavy (non-hydrogen) atoms. The van der Waals surface area contributed by atoms with Crippen LogP contribution >= 0.6 is 0 Å². The zero-order valence-electron chi connectivity index (χ0n) is 13.0. The molecule has 0 bridgehead atoms. The second-order valence-electron chi connectivity index (χ2n) is 5.78. The molecule has 0 aliphatic rings. The fourth-order valence-electron chi connectivity index (χ4n) is 1.91. The molecule has 0 heterocycles. The third kappa shape index (κ3) is 5.21. The summed E-state index contributed by atoms with van der Waals surface area (Å²) in [5.74, 6) is 1.17. The van der Waals surface area contributed by atoms with E-state index >= 15 is 0 Å². The number of hydrogen-bond acceptors (Lipinski definition) is 3. The molecule has 3 N–H and O–H groups in total. The van der Waals surface area contributed by atoms with Gasteiger partial charge in [0.05, 0.1) is 6.42 Å². The molecule has 0 aromatic heterocycles. The Morgan fingerprint density at radius 2 is 1.85 bits per heavy atom. The van der Waals surface area contributed by atoms with Gasteiger partial charge in [0.1, 0.15) is 0 Å². The summed E-state index contributed by atoms with van der Waals surface area (Å²) in [6.07, 6.45) is 0.449. The average Bonchev–Trinajstić information content (AvgIpc) is 2.40. The number of rotatable bonds is 7. The molecule has 112 valence electrons. The van der Waals surface area contributed by atoms with Crippen molar-refractivity contribution in [3.05, 3.63) is 29.8 Å². The van der Waals surface area contributed by atoms with Crippen LogP contribution in [-0.4, -0.2) is 38.0 Å². The largest absolute Gasteiger partial charge is 0.385 e. The van der Waals surface area contributed by atoms with Crippen LogP contribution in [0, 0.1) is 11.8 Å². The predicted octanol–water partition coefficient (Wildman–Crippen LogP) is 1.96. The maximum absolute atomic E-state index is 11.6. The number of likely N-dealkylation sites (N-methyl/N-ethyl adjacent to an activating group) is 1. The van der Waals surface area contributed by atoms with Crippen molar-refractivity contribution >= 4 is 11.6 Å². The minimum Gasteiger partial charge on any atom is -0.385 e. The number of amides is 1. The van der Waals surface area contributed by atoms with Crippen LogP contribution in [0.3, 0.4) is 0 Å². The molecule has 1 aromatic rings. The van der Waals surface area contributed by atoms with Crippen LogP contribution in [0.25, 0.3) is 0 Å². The normalized spacial score (nSPS) is 12.3. The number of anilines is 1. The summed E-state index contributed by atoms with van der Waals surface area (Å²) >= 11 is 0. The van der Waals surface area contributed by atoms with E-state index in [9.17, 15) is 4.79 Å². The second kappa shape index (κ2) is 7.90. The SMILES string of the molecule is CC(C)C(CN)CNc1ccc(CC(=O)N(C)C)cc1. The number of nitrogens with one attached hydrogen (secondary N) is 1. The Hall–Kier alpha value is -1.55. The quantitative estimate of drug-likeness (QED) is 0.801. The number of nitrogens with two attached hydrogens (primary N) is 1. The number of benzene rings is 1. The third-order valence-corrected chi connectivity index (χ3v) is 3.62. The van der Waals surface area contributed by atoms with Gasteiger partial charge in [-0.1, -0.05) is 26.0 Å². The van der Waals surface area contributed by atoms with Crippen molar-refractivity contribution in [1.29, 1.82) is 0 Å². The molecule has 0 spiro atoms. The number of hydrogen-bond donors (Lipinski definition) is 2. The maximum Gasteiger partial charge on any atom is 0.226 e. The van der Waals surface area contributed by atoms with E-state index in [1.165, 1.54) is 0 Å². The molecule has 1 amide bonds. The van der Waals surface area contributed by atoms with Gasteiger partial charge in [-0.25, -0.2) is 0 Å². The van der Waals surface area contributed by atoms with Gasteiger partial charge in [-0.05, 0) is 36.1 Å². The lowest BCUT2D eigenvalue weighted by Gasteiger charge is -2.20. The zero-order valence-corrected chi connectivity index (χ0v) is 13.0. The van der Waals surface area contributed by atoms with Gasteiger partial charge in [0.15, 0.2) is 0 Å². The summed E-state index contributed by atoms with van der Waals surface area (Å²) < 4.78 is 0. The molecule has 1 rings (SSSR count). The van der Waals surface area contributed by atoms with Gasteiger partial charge in [0.2, 0.25) is 5.91 Å². The fourth-order valence-corrected chi connectivity index (χ4v) is 1.91. The maximum atomic E-state index is 11.6. The molecule has 4 heteroatoms. The highest BCUT2D eigenvalue weighted by molar-refractivity contribution is 5.78. The monoisotopic (exact) mass is 277 g/mol. The summed E-state index contributed by atoms with van der Waals surface area (Å²) in [5.41, 5.74) is 7.87. The molecule has 0 saturated heterocycles. The van der Waals surface area contributed by atoms with Gasteiger partial charge >= 0.3 is 0 Å². The Labute approximate surface area is 122 Å². The summed E-state index contributed by atoms with van der Waals surface area (Å²) in [4.78, 5) is 13.2. The van der Waals surface area contributed by atoms with Crippen LogP contribution in [0.5, 0.6) is 0 Å². The Balaban J connectivity index is 2.52. The van der Waals surface area contributed by atoms with Crippen molar-refractivity contribution in [1.82, 2.24) is 4.90 Å². The first-order chi connectivity index (χ1) is 9.43. The molecule has 0 saturated carbocycles. The Morgan fingerprint density at radius 1 is 1.25 bits per heavy atom. The summed E-state index contributed by atoms with van der Waals surface area (Å²) in [6.45, 7) is 5.95. The van der Waals surface area contributed by atoms with E-state index in [0.29, 0.717) is 24.8 Å². The van der Waals surface area contributed by atoms with E-state index in [-0.39, 0.29) is 5.91 Å². The van der Waals surface area contributed by atoms with Crippen LogP contribution in [0.2, 0.25) is 0 Å². The average molecular weight is 277 g/mol. The lowest BCUT2D eigenvalue weighted by atomic mass is 9.96. The highest BCUT2D eigenvalue weighted by Crippen LogP contribution is 2.14. The minimum atomic E-state index is 0.119. The predicted molar refractivity (Wildman–Crippen MR) is 84.7 cm³/mol. The number of carbonyl (C=O) groups excluding carboxylic acids is 1. The van der Waals surface area contributed by atoms with Crippen molar-refractivity contribution in [2.24, 2.45) is 17.6 Å². The zero-order chi connectivity index (χ0) is 15.1. The van der Waals surface area contributed by atoms with Crippen LogP contribution in [-0.2, 0) is 11.2 Å². The first kappa shape index (κ1) is 16.5. The van der Waals surface area contributed by atoms with E-state index in [1.807, 2.05) is 24.3 Å². The van der Waals surface area contributed by atoms with E-state index in [4.69, 9.17) is 5.73 Å². The van der Waals surface area contributed by atoms with Crippen LogP contribution in [0.4, 0.5) is 5.69 Å². The molecule has 4 nitrogen and oxygen atoms in total. The first-order valence-corrected chi connectivity index (χ1v) is 7.17. The van der Waals surface area contributed by atoms with Crippen molar-refractivity contribution < 1.29 is 4.79 Å². The van der Waals surface area contributed by atoms with Gasteiger partial charge in [-0.3, -0.25) is 4.79 Å². The first-order valence-electron chi connectivity index (χ1n) is 7.17. The van der Waals surface area contributed by atoms with E-state index in [0.717, 1.165) is 17.8 Å². The molecule has 0 fully saturated rings. The van der Waals surface area contributed by atoms with Gasteiger partial charge in [-0.2, -0.15) is 0 Å². The van der Waals surface area contributed by atoms with Crippen LogP contribution in [0.15, 0.2) is 24.3 Å². The van der Waals surface area contributed by atoms with Crippen molar-refractivity contribution in [3.8, 4) is 0 Å². The fraction of sp³-hybridized carbons (Fsp3) is 0.562. The van der Waals surface area contributed by atoms with Gasteiger partial charge in [0.25, 0.3) is 0 Å². The highest BCUT2D eigenvalue weighted by atomic mass is 16.2. The minimum absolute atomic E-state index is 0.119. The van der Waals surface area contributed by atoms with Gasteiger partial charge in [-0.15, -0.1) is 0 Å². The molecule has 1 aromatic carbocycles. The molecule has 0 aliphatic carbocycles. The molecule has 0 aliphatic heterocycles. The van der Waals surface area contributed by atoms with E-state index in [1.54, 1.807) is 19.0 Å². The molecule has 1 atom stereocenters. The lowest BCUT2D eigenvalue weighted by Crippen LogP contribution is -2.27. The van der Waals surface area contributed by atoms with Crippen molar-refractivity contribution in [2.45, 2.75) is 20.3 Å². The van der Waals surface area contributed by atoms with Crippen molar-refractivity contribution in [2.75, 3.05) is 32.5 Å². The summed E-state index contributed by atoms with van der Waals surface area (Å²) in [7, 11) is 3.55. The summed E-state index contributed by atoms with van der Waals surface area (Å²) in [5, 5.41) is 3.40. The Bertz CT molecular complexity index is 412. The third-order valence-electron chi connectivity index (χ3n) is 3.62. The Kier molecular flexibility index (Phi) is 6.52. The molecular formula is C16H27N3O. The van der Waals surface area contributed by atoms with Crippen molar-refractivity contribution in [3.63, 3.8) is 0 Å².